The maximum atomic E-state index is 5.94. The highest BCUT2D eigenvalue weighted by Crippen LogP contribution is 2.39. The molecule has 0 saturated carbocycles. The molecule has 0 fully saturated rings. The van der Waals surface area contributed by atoms with E-state index in [-0.39, 0.29) is 0 Å². The largest absolute Gasteiger partial charge is 0.486 e. The minimum atomic E-state index is 0.291. The fraction of sp³-hybridized carbons (Fsp3) is 0.400. The van der Waals surface area contributed by atoms with Crippen LogP contribution in [0.3, 0.4) is 0 Å². The fourth-order valence-electron chi connectivity index (χ4n) is 2.33. The van der Waals surface area contributed by atoms with Gasteiger partial charge in [0.25, 0.3) is 0 Å². The molecular formula is C15H18N2O3. The Hall–Kier alpha value is -2.17. The highest BCUT2D eigenvalue weighted by atomic mass is 16.6. The molecule has 5 heteroatoms. The zero-order valence-electron chi connectivity index (χ0n) is 11.7. The van der Waals surface area contributed by atoms with Crippen LogP contribution in [0.4, 0.5) is 5.88 Å². The maximum Gasteiger partial charge on any atom is 0.230 e. The normalized spacial score (nSPS) is 15.1. The molecule has 20 heavy (non-hydrogen) atoms. The predicted molar refractivity (Wildman–Crippen MR) is 76.0 cm³/mol. The van der Waals surface area contributed by atoms with E-state index in [0.717, 1.165) is 34.7 Å². The van der Waals surface area contributed by atoms with Crippen molar-refractivity contribution >= 4 is 5.88 Å². The molecule has 2 aromatic rings. The number of benzene rings is 1. The predicted octanol–water partition coefficient (Wildman–Crippen LogP) is 3.21. The van der Waals surface area contributed by atoms with E-state index in [1.165, 1.54) is 0 Å². The van der Waals surface area contributed by atoms with E-state index < -0.39 is 0 Å². The van der Waals surface area contributed by atoms with Gasteiger partial charge < -0.3 is 19.7 Å². The fourth-order valence-corrected chi connectivity index (χ4v) is 2.33. The van der Waals surface area contributed by atoms with Crippen molar-refractivity contribution in [1.29, 1.82) is 0 Å². The third-order valence-corrected chi connectivity index (χ3v) is 3.65. The third-order valence-electron chi connectivity index (χ3n) is 3.65. The molecule has 1 atom stereocenters. The van der Waals surface area contributed by atoms with E-state index in [9.17, 15) is 0 Å². The number of rotatable bonds is 3. The summed E-state index contributed by atoms with van der Waals surface area (Å²) < 4.78 is 16.3. The molecular weight excluding hydrogens is 256 g/mol. The van der Waals surface area contributed by atoms with Gasteiger partial charge in [-0.05, 0) is 24.1 Å². The minimum Gasteiger partial charge on any atom is -0.486 e. The Kier molecular flexibility index (Phi) is 3.26. The highest BCUT2D eigenvalue weighted by Gasteiger charge is 2.21. The first-order chi connectivity index (χ1) is 9.70. The van der Waals surface area contributed by atoms with E-state index in [2.05, 4.69) is 19.0 Å². The minimum absolute atomic E-state index is 0.291. The lowest BCUT2D eigenvalue weighted by atomic mass is 9.96. The van der Waals surface area contributed by atoms with Gasteiger partial charge in [0.2, 0.25) is 5.88 Å². The van der Waals surface area contributed by atoms with Crippen LogP contribution in [0.15, 0.2) is 22.7 Å². The summed E-state index contributed by atoms with van der Waals surface area (Å²) in [7, 11) is 0. The van der Waals surface area contributed by atoms with Crippen LogP contribution < -0.4 is 15.2 Å². The molecule has 3 rings (SSSR count). The lowest BCUT2D eigenvalue weighted by molar-refractivity contribution is 0.171. The molecule has 0 saturated heterocycles. The van der Waals surface area contributed by atoms with Gasteiger partial charge in [-0.3, -0.25) is 0 Å². The maximum absolute atomic E-state index is 5.94. The molecule has 2 N–H and O–H groups in total. The Morgan fingerprint density at radius 3 is 2.75 bits per heavy atom. The van der Waals surface area contributed by atoms with Gasteiger partial charge >= 0.3 is 0 Å². The van der Waals surface area contributed by atoms with Crippen molar-refractivity contribution in [2.24, 2.45) is 0 Å². The summed E-state index contributed by atoms with van der Waals surface area (Å²) in [6, 6.07) is 5.79. The molecule has 1 aromatic carbocycles. The van der Waals surface area contributed by atoms with Crippen molar-refractivity contribution in [1.82, 2.24) is 5.16 Å². The van der Waals surface area contributed by atoms with Crippen LogP contribution in [0.2, 0.25) is 0 Å². The van der Waals surface area contributed by atoms with E-state index in [1.54, 1.807) is 0 Å². The van der Waals surface area contributed by atoms with Crippen LogP contribution in [0.1, 0.15) is 31.9 Å². The van der Waals surface area contributed by atoms with Gasteiger partial charge in [-0.25, -0.2) is 0 Å². The zero-order valence-corrected chi connectivity index (χ0v) is 11.7. The Bertz CT molecular complexity index is 622. The summed E-state index contributed by atoms with van der Waals surface area (Å²) in [6.45, 7) is 5.37. The standard InChI is InChI=1S/C15H18N2O3/c1-3-9(2)14-13(15(16)20-17-14)10-4-5-11-12(8-10)19-7-6-18-11/h4-5,8-9H,3,6-7,16H2,1-2H3. The number of anilines is 1. The molecule has 1 aromatic heterocycles. The number of hydrogen-bond acceptors (Lipinski definition) is 5. The van der Waals surface area contributed by atoms with E-state index in [1.807, 2.05) is 18.2 Å². The monoisotopic (exact) mass is 274 g/mol. The molecule has 0 spiro atoms. The average Bonchev–Trinajstić information content (AvgIpc) is 2.87. The number of hydrogen-bond donors (Lipinski definition) is 1. The van der Waals surface area contributed by atoms with Crippen molar-refractivity contribution in [2.45, 2.75) is 26.2 Å². The lowest BCUT2D eigenvalue weighted by Gasteiger charge is -2.19. The summed E-state index contributed by atoms with van der Waals surface area (Å²) in [5, 5.41) is 4.10. The summed E-state index contributed by atoms with van der Waals surface area (Å²) in [6.07, 6.45) is 0.976. The summed E-state index contributed by atoms with van der Waals surface area (Å²) in [5.41, 5.74) is 8.64. The Labute approximate surface area is 117 Å². The number of fused-ring (bicyclic) bond motifs is 1. The van der Waals surface area contributed by atoms with Crippen LogP contribution in [-0.2, 0) is 0 Å². The second kappa shape index (κ2) is 5.07. The molecule has 2 heterocycles. The summed E-state index contributed by atoms with van der Waals surface area (Å²) >= 11 is 0. The molecule has 106 valence electrons. The Morgan fingerprint density at radius 1 is 1.25 bits per heavy atom. The van der Waals surface area contributed by atoms with Gasteiger partial charge in [0.1, 0.15) is 13.2 Å². The number of nitrogens with two attached hydrogens (primary N) is 1. The van der Waals surface area contributed by atoms with E-state index >= 15 is 0 Å². The molecule has 1 unspecified atom stereocenters. The molecule has 0 radical (unpaired) electrons. The van der Waals surface area contributed by atoms with Crippen LogP contribution in [-0.4, -0.2) is 18.4 Å². The summed E-state index contributed by atoms with van der Waals surface area (Å²) in [4.78, 5) is 0. The van der Waals surface area contributed by atoms with Gasteiger partial charge in [0.15, 0.2) is 11.5 Å². The lowest BCUT2D eigenvalue weighted by Crippen LogP contribution is -2.15. The Morgan fingerprint density at radius 2 is 2.00 bits per heavy atom. The quantitative estimate of drug-likeness (QED) is 0.930. The first-order valence-electron chi connectivity index (χ1n) is 6.85. The second-order valence-corrected chi connectivity index (χ2v) is 4.97. The Balaban J connectivity index is 2.07. The van der Waals surface area contributed by atoms with E-state index in [4.69, 9.17) is 19.7 Å². The smallest absolute Gasteiger partial charge is 0.230 e. The first kappa shape index (κ1) is 12.8. The molecule has 5 nitrogen and oxygen atoms in total. The van der Waals surface area contributed by atoms with Crippen molar-refractivity contribution in [3.63, 3.8) is 0 Å². The van der Waals surface area contributed by atoms with Crippen molar-refractivity contribution in [2.75, 3.05) is 18.9 Å². The molecule has 0 aliphatic carbocycles. The molecule has 0 amide bonds. The second-order valence-electron chi connectivity index (χ2n) is 4.97. The van der Waals surface area contributed by atoms with E-state index in [0.29, 0.717) is 25.0 Å². The third kappa shape index (κ3) is 2.09. The van der Waals surface area contributed by atoms with Gasteiger partial charge in [0, 0.05) is 5.92 Å². The van der Waals surface area contributed by atoms with Crippen molar-refractivity contribution < 1.29 is 14.0 Å². The van der Waals surface area contributed by atoms with Crippen LogP contribution in [0.25, 0.3) is 11.1 Å². The van der Waals surface area contributed by atoms with Gasteiger partial charge in [0.05, 0.1) is 11.3 Å². The SMILES string of the molecule is CCC(C)c1noc(N)c1-c1ccc2c(c1)OCCO2. The van der Waals surface area contributed by atoms with Gasteiger partial charge in [-0.2, -0.15) is 0 Å². The van der Waals surface area contributed by atoms with Gasteiger partial charge in [-0.1, -0.05) is 25.1 Å². The van der Waals surface area contributed by atoms with Crippen LogP contribution >= 0.6 is 0 Å². The number of aromatic nitrogens is 1. The van der Waals surface area contributed by atoms with Gasteiger partial charge in [-0.15, -0.1) is 0 Å². The highest BCUT2D eigenvalue weighted by molar-refractivity contribution is 5.77. The zero-order chi connectivity index (χ0) is 14.1. The number of nitrogen functional groups attached to an aromatic ring is 1. The van der Waals surface area contributed by atoms with Crippen LogP contribution in [0.5, 0.6) is 11.5 Å². The average molecular weight is 274 g/mol. The number of ether oxygens (including phenoxy) is 2. The molecule has 1 aliphatic rings. The number of nitrogens with zero attached hydrogens (tertiary/aromatic N) is 1. The molecule has 1 aliphatic heterocycles. The molecule has 0 bridgehead atoms. The summed E-state index contributed by atoms with van der Waals surface area (Å²) in [5.74, 6) is 2.14. The van der Waals surface area contributed by atoms with Crippen LogP contribution in [0, 0.1) is 0 Å². The van der Waals surface area contributed by atoms with Crippen molar-refractivity contribution in [3.8, 4) is 22.6 Å². The topological polar surface area (TPSA) is 70.5 Å². The first-order valence-corrected chi connectivity index (χ1v) is 6.85. The van der Waals surface area contributed by atoms with Crippen molar-refractivity contribution in [3.05, 3.63) is 23.9 Å².